The van der Waals surface area contributed by atoms with Crippen LogP contribution in [-0.2, 0) is 16.6 Å². The Morgan fingerprint density at radius 2 is 2.25 bits per heavy atom. The predicted molar refractivity (Wildman–Crippen MR) is 103 cm³/mol. The van der Waals surface area contributed by atoms with Crippen LogP contribution >= 0.6 is 11.8 Å². The summed E-state index contributed by atoms with van der Waals surface area (Å²) in [6.45, 7) is 3.28. The van der Waals surface area contributed by atoms with Gasteiger partial charge in [-0.2, -0.15) is 14.6 Å². The van der Waals surface area contributed by atoms with Gasteiger partial charge in [-0.3, -0.25) is 19.8 Å². The average Bonchev–Trinajstić information content (AvgIpc) is 3.37. The first kappa shape index (κ1) is 17.5. The second kappa shape index (κ2) is 6.47. The smallest absolute Gasteiger partial charge is 0.274 e. The van der Waals surface area contributed by atoms with E-state index in [2.05, 4.69) is 25.3 Å². The Balaban J connectivity index is 1.29. The molecule has 1 fully saturated rings. The van der Waals surface area contributed by atoms with E-state index in [1.54, 1.807) is 6.92 Å². The molecule has 10 heteroatoms. The van der Waals surface area contributed by atoms with Gasteiger partial charge in [0.25, 0.3) is 11.3 Å². The second-order valence-electron chi connectivity index (χ2n) is 7.66. The molecule has 1 amide bonds. The van der Waals surface area contributed by atoms with Crippen molar-refractivity contribution in [2.24, 2.45) is 0 Å². The van der Waals surface area contributed by atoms with Crippen LogP contribution in [0.25, 0.3) is 5.78 Å². The van der Waals surface area contributed by atoms with E-state index in [1.165, 1.54) is 33.6 Å². The number of piperidine rings is 1. The monoisotopic (exact) mass is 399 g/mol. The van der Waals surface area contributed by atoms with E-state index < -0.39 is 0 Å². The molecule has 0 radical (unpaired) electrons. The highest BCUT2D eigenvalue weighted by Gasteiger charge is 2.44. The third-order valence-corrected chi connectivity index (χ3v) is 6.67. The second-order valence-corrected chi connectivity index (χ2v) is 8.62. The van der Waals surface area contributed by atoms with Crippen molar-refractivity contribution in [2.45, 2.75) is 43.2 Å². The van der Waals surface area contributed by atoms with Crippen LogP contribution in [0.15, 0.2) is 22.2 Å². The Kier molecular flexibility index (Phi) is 4.04. The Labute approximate surface area is 164 Å². The first-order valence-corrected chi connectivity index (χ1v) is 10.4. The van der Waals surface area contributed by atoms with Gasteiger partial charge < -0.3 is 4.90 Å². The van der Waals surface area contributed by atoms with E-state index in [9.17, 15) is 9.59 Å². The van der Waals surface area contributed by atoms with Gasteiger partial charge in [-0.05, 0) is 38.2 Å². The molecule has 0 bridgehead atoms. The minimum Gasteiger partial charge on any atom is -0.341 e. The van der Waals surface area contributed by atoms with Gasteiger partial charge in [0.05, 0.1) is 11.9 Å². The number of carbonyl (C=O) groups excluding carboxylic acids is 1. The number of aromatic amines is 2. The first-order valence-electron chi connectivity index (χ1n) is 9.44. The molecular formula is C18H21N7O2S. The van der Waals surface area contributed by atoms with Crippen molar-refractivity contribution in [3.8, 4) is 0 Å². The van der Waals surface area contributed by atoms with Crippen molar-refractivity contribution in [1.82, 2.24) is 34.7 Å². The van der Waals surface area contributed by atoms with Crippen molar-refractivity contribution in [3.05, 3.63) is 39.6 Å². The van der Waals surface area contributed by atoms with E-state index >= 15 is 0 Å². The van der Waals surface area contributed by atoms with Crippen LogP contribution < -0.4 is 5.56 Å². The number of amides is 1. The minimum absolute atomic E-state index is 0.0263. The van der Waals surface area contributed by atoms with Gasteiger partial charge in [0.2, 0.25) is 5.91 Å². The molecule has 0 aromatic carbocycles. The highest BCUT2D eigenvalue weighted by Crippen LogP contribution is 2.43. The topological polar surface area (TPSA) is 112 Å². The van der Waals surface area contributed by atoms with E-state index in [-0.39, 0.29) is 22.6 Å². The highest BCUT2D eigenvalue weighted by molar-refractivity contribution is 7.99. The number of aryl methyl sites for hydroxylation is 2. The Hall–Kier alpha value is -2.62. The Morgan fingerprint density at radius 1 is 1.36 bits per heavy atom. The molecule has 3 aromatic rings. The van der Waals surface area contributed by atoms with Crippen LogP contribution in [0.3, 0.4) is 0 Å². The van der Waals surface area contributed by atoms with Crippen molar-refractivity contribution in [2.75, 3.05) is 18.8 Å². The third-order valence-electron chi connectivity index (χ3n) is 5.82. The van der Waals surface area contributed by atoms with Crippen LogP contribution in [0.4, 0.5) is 0 Å². The zero-order valence-electron chi connectivity index (χ0n) is 15.6. The van der Waals surface area contributed by atoms with Crippen molar-refractivity contribution >= 4 is 23.4 Å². The average molecular weight is 399 g/mol. The molecule has 1 atom stereocenters. The number of carbonyl (C=O) groups is 1. The summed E-state index contributed by atoms with van der Waals surface area (Å²) in [4.78, 5) is 35.4. The number of rotatable bonds is 3. The number of nitrogens with zero attached hydrogens (tertiary/aromatic N) is 5. The van der Waals surface area contributed by atoms with E-state index in [4.69, 9.17) is 0 Å². The van der Waals surface area contributed by atoms with Gasteiger partial charge in [-0.15, -0.1) is 0 Å². The SMILES string of the molecule is Cc1cc(=O)n2[nH]c(SCC(=O)N3CCCC4(CCc5cn[nH]c54)C3)nc2n1. The molecule has 2 N–H and O–H groups in total. The number of aromatic nitrogens is 6. The molecule has 3 aromatic heterocycles. The maximum Gasteiger partial charge on any atom is 0.274 e. The normalized spacial score (nSPS) is 21.5. The summed E-state index contributed by atoms with van der Waals surface area (Å²) in [6, 6.07) is 1.45. The van der Waals surface area contributed by atoms with Gasteiger partial charge in [-0.25, -0.2) is 4.98 Å². The van der Waals surface area contributed by atoms with Crippen molar-refractivity contribution < 1.29 is 4.79 Å². The number of fused-ring (bicyclic) bond motifs is 3. The molecule has 146 valence electrons. The lowest BCUT2D eigenvalue weighted by Gasteiger charge is -2.40. The van der Waals surface area contributed by atoms with Crippen LogP contribution in [-0.4, -0.2) is 59.4 Å². The fraction of sp³-hybridized carbons (Fsp3) is 0.500. The number of thioether (sulfide) groups is 1. The summed E-state index contributed by atoms with van der Waals surface area (Å²) in [5.41, 5.74) is 2.95. The summed E-state index contributed by atoms with van der Waals surface area (Å²) in [5.74, 6) is 0.697. The molecule has 1 aliphatic carbocycles. The summed E-state index contributed by atoms with van der Waals surface area (Å²) in [5, 5.41) is 10.8. The van der Waals surface area contributed by atoms with E-state index in [0.29, 0.717) is 16.6 Å². The van der Waals surface area contributed by atoms with E-state index in [0.717, 1.165) is 38.8 Å². The highest BCUT2D eigenvalue weighted by atomic mass is 32.2. The number of hydrogen-bond donors (Lipinski definition) is 2. The van der Waals surface area contributed by atoms with Gasteiger partial charge in [0.1, 0.15) is 0 Å². The molecule has 1 saturated heterocycles. The van der Waals surface area contributed by atoms with Crippen LogP contribution in [0.5, 0.6) is 0 Å². The number of likely N-dealkylation sites (tertiary alicyclic amines) is 1. The molecular weight excluding hydrogens is 378 g/mol. The first-order chi connectivity index (χ1) is 13.5. The number of nitrogens with one attached hydrogen (secondary N) is 2. The van der Waals surface area contributed by atoms with Gasteiger partial charge in [-0.1, -0.05) is 11.8 Å². The summed E-state index contributed by atoms with van der Waals surface area (Å²) in [6.07, 6.45) is 6.11. The standard InChI is InChI=1S/C18H21N7O2S/c1-11-7-13(26)25-16(20-11)21-17(23-25)28-9-14(27)24-6-2-4-18(10-24)5-3-12-8-19-22-15(12)18/h7-8H,2-6,9-10H2,1H3,(H,19,22)(H,20,21,23). The van der Waals surface area contributed by atoms with Crippen LogP contribution in [0.2, 0.25) is 0 Å². The van der Waals surface area contributed by atoms with Gasteiger partial charge in [0, 0.05) is 36.0 Å². The minimum atomic E-state index is -0.206. The maximum absolute atomic E-state index is 12.9. The Morgan fingerprint density at radius 3 is 3.14 bits per heavy atom. The molecule has 2 aliphatic rings. The van der Waals surface area contributed by atoms with Crippen LogP contribution in [0.1, 0.15) is 36.2 Å². The fourth-order valence-electron chi connectivity index (χ4n) is 4.47. The number of hydrogen-bond acceptors (Lipinski definition) is 6. The van der Waals surface area contributed by atoms with E-state index in [1.807, 2.05) is 11.1 Å². The van der Waals surface area contributed by atoms with Crippen molar-refractivity contribution in [3.63, 3.8) is 0 Å². The molecule has 1 aliphatic heterocycles. The van der Waals surface area contributed by atoms with Gasteiger partial charge >= 0.3 is 0 Å². The molecule has 28 heavy (non-hydrogen) atoms. The molecule has 0 saturated carbocycles. The molecule has 9 nitrogen and oxygen atoms in total. The molecule has 5 rings (SSSR count). The predicted octanol–water partition coefficient (Wildman–Crippen LogP) is 1.05. The quantitative estimate of drug-likeness (QED) is 0.637. The lowest BCUT2D eigenvalue weighted by molar-refractivity contribution is -0.130. The summed E-state index contributed by atoms with van der Waals surface area (Å²) in [7, 11) is 0. The third kappa shape index (κ3) is 2.83. The zero-order chi connectivity index (χ0) is 19.3. The molecule has 1 spiro atoms. The summed E-state index contributed by atoms with van der Waals surface area (Å²) < 4.78 is 1.30. The summed E-state index contributed by atoms with van der Waals surface area (Å²) >= 11 is 1.30. The fourth-order valence-corrected chi connectivity index (χ4v) is 5.22. The number of H-pyrrole nitrogens is 2. The largest absolute Gasteiger partial charge is 0.341 e. The zero-order valence-corrected chi connectivity index (χ0v) is 16.4. The molecule has 4 heterocycles. The maximum atomic E-state index is 12.9. The lowest BCUT2D eigenvalue weighted by Crippen LogP contribution is -2.48. The Bertz CT molecular complexity index is 1120. The lowest BCUT2D eigenvalue weighted by atomic mass is 9.77. The molecule has 1 unspecified atom stereocenters. The van der Waals surface area contributed by atoms with Crippen LogP contribution in [0, 0.1) is 6.92 Å². The van der Waals surface area contributed by atoms with Gasteiger partial charge in [0.15, 0.2) is 5.16 Å². The van der Waals surface area contributed by atoms with Crippen molar-refractivity contribution in [1.29, 1.82) is 0 Å².